The summed E-state index contributed by atoms with van der Waals surface area (Å²) in [5.74, 6) is 1.83. The van der Waals surface area contributed by atoms with Crippen molar-refractivity contribution in [3.63, 3.8) is 0 Å². The Hall–Kier alpha value is -3.39. The van der Waals surface area contributed by atoms with Gasteiger partial charge in [0.1, 0.15) is 5.84 Å². The Morgan fingerprint density at radius 2 is 1.83 bits per heavy atom. The van der Waals surface area contributed by atoms with Crippen LogP contribution in [0.25, 0.3) is 5.69 Å². The van der Waals surface area contributed by atoms with E-state index in [2.05, 4.69) is 20.3 Å². The van der Waals surface area contributed by atoms with E-state index in [0.29, 0.717) is 6.54 Å². The van der Waals surface area contributed by atoms with E-state index in [1.54, 1.807) is 0 Å². The molecule has 2 aromatic carbocycles. The number of carbonyl (C=O) groups excluding carboxylic acids is 1. The number of benzene rings is 2. The Morgan fingerprint density at radius 3 is 2.62 bits per heavy atom. The third-order valence-corrected chi connectivity index (χ3v) is 5.63. The van der Waals surface area contributed by atoms with Crippen LogP contribution in [0.1, 0.15) is 5.56 Å². The summed E-state index contributed by atoms with van der Waals surface area (Å²) < 4.78 is 1.82. The highest BCUT2D eigenvalue weighted by molar-refractivity contribution is 8.14. The van der Waals surface area contributed by atoms with Crippen LogP contribution in [0.5, 0.6) is 0 Å². The molecule has 5 rings (SSSR count). The van der Waals surface area contributed by atoms with Crippen LogP contribution >= 0.6 is 11.8 Å². The van der Waals surface area contributed by atoms with E-state index in [1.807, 2.05) is 71.5 Å². The molecule has 0 atom stereocenters. The van der Waals surface area contributed by atoms with Gasteiger partial charge in [0.05, 0.1) is 29.7 Å². The fourth-order valence-electron chi connectivity index (χ4n) is 3.34. The first-order valence-corrected chi connectivity index (χ1v) is 10.3. The van der Waals surface area contributed by atoms with Crippen LogP contribution in [0, 0.1) is 0 Å². The number of nitrogens with zero attached hydrogens (tertiary/aromatic N) is 5. The maximum absolute atomic E-state index is 12.4. The molecule has 0 radical (unpaired) electrons. The fourth-order valence-corrected chi connectivity index (χ4v) is 4.16. The number of fused-ring (bicyclic) bond motifs is 3. The maximum Gasteiger partial charge on any atom is 0.234 e. The van der Waals surface area contributed by atoms with Crippen molar-refractivity contribution in [1.82, 2.24) is 14.7 Å². The van der Waals surface area contributed by atoms with Crippen LogP contribution in [-0.2, 0) is 4.79 Å². The van der Waals surface area contributed by atoms with Gasteiger partial charge in [-0.05, 0) is 24.3 Å². The maximum atomic E-state index is 12.4. The van der Waals surface area contributed by atoms with Gasteiger partial charge in [0.25, 0.3) is 0 Å². The van der Waals surface area contributed by atoms with Crippen molar-refractivity contribution in [3.05, 3.63) is 72.4 Å². The molecule has 3 aromatic rings. The summed E-state index contributed by atoms with van der Waals surface area (Å²) >= 11 is 1.41. The summed E-state index contributed by atoms with van der Waals surface area (Å²) in [6.07, 6.45) is 1.81. The first-order chi connectivity index (χ1) is 14.3. The number of anilines is 1. The number of amides is 1. The van der Waals surface area contributed by atoms with Gasteiger partial charge in [-0.2, -0.15) is 5.10 Å². The molecule has 2 aliphatic heterocycles. The molecule has 3 heterocycles. The largest absolute Gasteiger partial charge is 0.325 e. The van der Waals surface area contributed by atoms with Crippen molar-refractivity contribution in [2.24, 2.45) is 9.98 Å². The first-order valence-electron chi connectivity index (χ1n) is 9.32. The number of aliphatic imine (C=N–C) groups is 2. The molecule has 2 aliphatic rings. The summed E-state index contributed by atoms with van der Waals surface area (Å²) in [5.41, 5.74) is 2.65. The minimum atomic E-state index is -0.0658. The van der Waals surface area contributed by atoms with Crippen LogP contribution in [0.15, 0.2) is 76.8 Å². The number of carbonyl (C=O) groups is 1. The lowest BCUT2D eigenvalue weighted by Crippen LogP contribution is -2.36. The molecule has 8 heteroatoms. The van der Waals surface area contributed by atoms with E-state index in [-0.39, 0.29) is 11.7 Å². The summed E-state index contributed by atoms with van der Waals surface area (Å²) in [5, 5.41) is 8.21. The third-order valence-electron chi connectivity index (χ3n) is 4.65. The SMILES string of the molecule is O=C(CSC1=Nc2c(cnn2-c2ccccc2)C2=NCCN12)Nc1ccccc1. The number of hydrogen-bond donors (Lipinski definition) is 1. The number of thioether (sulfide) groups is 1. The third kappa shape index (κ3) is 3.42. The topological polar surface area (TPSA) is 74.9 Å². The molecule has 0 saturated heterocycles. The minimum absolute atomic E-state index is 0.0658. The molecule has 7 nitrogen and oxygen atoms in total. The van der Waals surface area contributed by atoms with Crippen LogP contribution in [0.2, 0.25) is 0 Å². The second-order valence-corrected chi connectivity index (χ2v) is 7.53. The molecule has 1 amide bonds. The predicted molar refractivity (Wildman–Crippen MR) is 116 cm³/mol. The number of nitrogens with one attached hydrogen (secondary N) is 1. The molecule has 0 bridgehead atoms. The summed E-state index contributed by atoms with van der Waals surface area (Å²) in [6, 6.07) is 19.4. The van der Waals surface area contributed by atoms with Crippen molar-refractivity contribution in [3.8, 4) is 5.69 Å². The number of hydrogen-bond acceptors (Lipinski definition) is 6. The van der Waals surface area contributed by atoms with E-state index in [0.717, 1.165) is 40.3 Å². The van der Waals surface area contributed by atoms with E-state index in [4.69, 9.17) is 4.99 Å². The molecule has 144 valence electrons. The normalized spacial score (nSPS) is 14.7. The zero-order valence-corrected chi connectivity index (χ0v) is 16.3. The lowest BCUT2D eigenvalue weighted by atomic mass is 10.2. The summed E-state index contributed by atoms with van der Waals surface area (Å²) in [4.78, 5) is 23.9. The lowest BCUT2D eigenvalue weighted by molar-refractivity contribution is -0.113. The van der Waals surface area contributed by atoms with Gasteiger partial charge in [-0.3, -0.25) is 9.79 Å². The molecular formula is C21H18N6OS. The molecule has 1 aromatic heterocycles. The van der Waals surface area contributed by atoms with Crippen LogP contribution in [0.3, 0.4) is 0 Å². The zero-order chi connectivity index (χ0) is 19.6. The zero-order valence-electron chi connectivity index (χ0n) is 15.5. The molecule has 1 N–H and O–H groups in total. The first kappa shape index (κ1) is 17.7. The van der Waals surface area contributed by atoms with Gasteiger partial charge < -0.3 is 10.2 Å². The van der Waals surface area contributed by atoms with Gasteiger partial charge in [-0.1, -0.05) is 48.2 Å². The number of aromatic nitrogens is 2. The van der Waals surface area contributed by atoms with Crippen molar-refractivity contribution in [2.45, 2.75) is 0 Å². The van der Waals surface area contributed by atoms with Gasteiger partial charge in [0, 0.05) is 12.2 Å². The summed E-state index contributed by atoms with van der Waals surface area (Å²) in [6.45, 7) is 1.47. The lowest BCUT2D eigenvalue weighted by Gasteiger charge is -2.25. The summed E-state index contributed by atoms with van der Waals surface area (Å²) in [7, 11) is 0. The van der Waals surface area contributed by atoms with Gasteiger partial charge >= 0.3 is 0 Å². The molecular weight excluding hydrogens is 384 g/mol. The fraction of sp³-hybridized carbons (Fsp3) is 0.143. The van der Waals surface area contributed by atoms with E-state index in [1.165, 1.54) is 11.8 Å². The molecule has 0 fully saturated rings. The highest BCUT2D eigenvalue weighted by Crippen LogP contribution is 2.33. The quantitative estimate of drug-likeness (QED) is 0.727. The van der Waals surface area contributed by atoms with Gasteiger partial charge in [0.2, 0.25) is 5.91 Å². The Kier molecular flexibility index (Phi) is 4.61. The van der Waals surface area contributed by atoms with Crippen LogP contribution < -0.4 is 5.32 Å². The Labute approximate surface area is 172 Å². The van der Waals surface area contributed by atoms with Gasteiger partial charge in [-0.15, -0.1) is 0 Å². The van der Waals surface area contributed by atoms with E-state index < -0.39 is 0 Å². The predicted octanol–water partition coefficient (Wildman–Crippen LogP) is 3.31. The molecule has 0 saturated carbocycles. The Morgan fingerprint density at radius 1 is 1.07 bits per heavy atom. The van der Waals surface area contributed by atoms with Crippen molar-refractivity contribution >= 4 is 40.2 Å². The highest BCUT2D eigenvalue weighted by Gasteiger charge is 2.32. The molecule has 0 aliphatic carbocycles. The van der Waals surface area contributed by atoms with Crippen molar-refractivity contribution < 1.29 is 4.79 Å². The average Bonchev–Trinajstić information content (AvgIpc) is 3.40. The molecule has 29 heavy (non-hydrogen) atoms. The standard InChI is InChI=1S/C21H18N6OS/c28-18(24-15-7-3-1-4-8-15)14-29-21-25-20-17(19-22-11-12-26(19)21)13-23-27(20)16-9-5-2-6-10-16/h1-10,13H,11-12,14H2,(H,24,28). The number of para-hydroxylation sites is 2. The highest BCUT2D eigenvalue weighted by atomic mass is 32.2. The Bertz CT molecular complexity index is 1110. The average molecular weight is 402 g/mol. The van der Waals surface area contributed by atoms with Crippen molar-refractivity contribution in [2.75, 3.05) is 24.2 Å². The van der Waals surface area contributed by atoms with Crippen LogP contribution in [0.4, 0.5) is 11.5 Å². The second kappa shape index (κ2) is 7.56. The molecule has 0 spiro atoms. The second-order valence-electron chi connectivity index (χ2n) is 6.58. The molecule has 0 unspecified atom stereocenters. The minimum Gasteiger partial charge on any atom is -0.325 e. The van der Waals surface area contributed by atoms with Crippen molar-refractivity contribution in [1.29, 1.82) is 0 Å². The smallest absolute Gasteiger partial charge is 0.234 e. The van der Waals surface area contributed by atoms with Gasteiger partial charge in [-0.25, -0.2) is 9.67 Å². The van der Waals surface area contributed by atoms with Crippen LogP contribution in [-0.4, -0.2) is 50.4 Å². The van der Waals surface area contributed by atoms with E-state index in [9.17, 15) is 4.79 Å². The number of amidine groups is 2. The number of rotatable bonds is 4. The Balaban J connectivity index is 1.40. The van der Waals surface area contributed by atoms with E-state index >= 15 is 0 Å². The monoisotopic (exact) mass is 402 g/mol. The van der Waals surface area contributed by atoms with Gasteiger partial charge in [0.15, 0.2) is 11.0 Å².